The van der Waals surface area contributed by atoms with E-state index in [2.05, 4.69) is 0 Å². The highest BCUT2D eigenvalue weighted by molar-refractivity contribution is 6.17. The predicted octanol–water partition coefficient (Wildman–Crippen LogP) is 5.14. The summed E-state index contributed by atoms with van der Waals surface area (Å²) in [5.41, 5.74) is 2.85. The molecule has 1 aliphatic carbocycles. The van der Waals surface area contributed by atoms with Crippen LogP contribution < -0.4 is 4.90 Å². The van der Waals surface area contributed by atoms with Gasteiger partial charge in [-0.3, -0.25) is 24.6 Å². The average molecular weight is 440 g/mol. The first-order valence-electron chi connectivity index (χ1n) is 10.7. The van der Waals surface area contributed by atoms with Crippen molar-refractivity contribution in [2.45, 2.75) is 18.9 Å². The van der Waals surface area contributed by atoms with Gasteiger partial charge in [-0.25, -0.2) is 0 Å². The van der Waals surface area contributed by atoms with Crippen molar-refractivity contribution in [1.29, 1.82) is 0 Å². The van der Waals surface area contributed by atoms with Gasteiger partial charge in [0.1, 0.15) is 0 Å². The number of hydrogen-bond acceptors (Lipinski definition) is 5. The molecule has 0 saturated heterocycles. The molecule has 7 nitrogen and oxygen atoms in total. The number of nitro benzene ring substituents is 1. The Morgan fingerprint density at radius 3 is 2.24 bits per heavy atom. The minimum atomic E-state index is -0.863. The molecule has 0 spiro atoms. The second-order valence-electron chi connectivity index (χ2n) is 8.24. The van der Waals surface area contributed by atoms with Crippen molar-refractivity contribution in [3.8, 4) is 11.1 Å². The molecule has 1 saturated carbocycles. The quantitative estimate of drug-likeness (QED) is 0.422. The summed E-state index contributed by atoms with van der Waals surface area (Å²) in [6.45, 7) is 0. The monoisotopic (exact) mass is 440 g/mol. The Morgan fingerprint density at radius 1 is 0.939 bits per heavy atom. The Labute approximate surface area is 189 Å². The molecule has 1 N–H and O–H groups in total. The Morgan fingerprint density at radius 2 is 1.61 bits per heavy atom. The number of Topliss-reactive ketones (excluding diaryl/α,β-unsaturated/α-hetero) is 1. The van der Waals surface area contributed by atoms with E-state index in [1.54, 1.807) is 6.07 Å². The lowest BCUT2D eigenvalue weighted by Crippen LogP contribution is -2.31. The highest BCUT2D eigenvalue weighted by atomic mass is 16.6. The van der Waals surface area contributed by atoms with Crippen LogP contribution in [0.1, 0.15) is 24.4 Å². The summed E-state index contributed by atoms with van der Waals surface area (Å²) >= 11 is 0. The number of nitrogens with zero attached hydrogens (tertiary/aromatic N) is 2. The fraction of sp³-hybridized carbons (Fsp3) is 0.154. The summed E-state index contributed by atoms with van der Waals surface area (Å²) in [5, 5.41) is 21.9. The summed E-state index contributed by atoms with van der Waals surface area (Å²) in [4.78, 5) is 38.3. The van der Waals surface area contributed by atoms with E-state index in [9.17, 15) is 24.8 Å². The van der Waals surface area contributed by atoms with E-state index in [1.807, 2.05) is 48.5 Å². The average Bonchev–Trinajstić information content (AvgIpc) is 3.66. The van der Waals surface area contributed by atoms with Crippen molar-refractivity contribution >= 4 is 23.1 Å². The molecule has 1 amide bonds. The number of aliphatic hydroxyl groups excluding tert-OH is 1. The van der Waals surface area contributed by atoms with Crippen LogP contribution in [-0.2, 0) is 9.59 Å². The minimum Gasteiger partial charge on any atom is -0.503 e. The van der Waals surface area contributed by atoms with Gasteiger partial charge in [-0.05, 0) is 53.8 Å². The van der Waals surface area contributed by atoms with Crippen LogP contribution in [0, 0.1) is 16.0 Å². The smallest absolute Gasteiger partial charge is 0.294 e. The Balaban J connectivity index is 1.62. The van der Waals surface area contributed by atoms with E-state index < -0.39 is 22.6 Å². The van der Waals surface area contributed by atoms with Crippen molar-refractivity contribution in [3.05, 3.63) is 106 Å². The molecule has 164 valence electrons. The van der Waals surface area contributed by atoms with E-state index in [0.717, 1.165) is 24.0 Å². The number of amides is 1. The zero-order chi connectivity index (χ0) is 23.1. The van der Waals surface area contributed by atoms with Gasteiger partial charge in [0.2, 0.25) is 0 Å². The summed E-state index contributed by atoms with van der Waals surface area (Å²) in [6, 6.07) is 21.9. The molecule has 7 heteroatoms. The molecule has 1 fully saturated rings. The number of ketones is 1. The number of rotatable bonds is 6. The number of benzene rings is 3. The maximum Gasteiger partial charge on any atom is 0.294 e. The first kappa shape index (κ1) is 20.6. The van der Waals surface area contributed by atoms with Gasteiger partial charge >= 0.3 is 0 Å². The van der Waals surface area contributed by atoms with Crippen LogP contribution in [-0.4, -0.2) is 21.7 Å². The lowest BCUT2D eigenvalue weighted by atomic mass is 9.93. The number of carbonyl (C=O) groups is 2. The lowest BCUT2D eigenvalue weighted by Gasteiger charge is -2.27. The van der Waals surface area contributed by atoms with Gasteiger partial charge in [-0.15, -0.1) is 0 Å². The molecule has 0 radical (unpaired) electrons. The first-order valence-corrected chi connectivity index (χ1v) is 10.7. The van der Waals surface area contributed by atoms with Gasteiger partial charge in [0.15, 0.2) is 11.5 Å². The topological polar surface area (TPSA) is 101 Å². The molecule has 1 aliphatic heterocycles. The van der Waals surface area contributed by atoms with E-state index in [4.69, 9.17) is 0 Å². The third-order valence-electron chi connectivity index (χ3n) is 6.07. The van der Waals surface area contributed by atoms with Gasteiger partial charge in [0.05, 0.1) is 16.5 Å². The fourth-order valence-corrected chi connectivity index (χ4v) is 4.25. The Kier molecular flexibility index (Phi) is 5.01. The van der Waals surface area contributed by atoms with E-state index in [0.29, 0.717) is 11.3 Å². The molecule has 3 aromatic carbocycles. The first-order chi connectivity index (χ1) is 16.0. The third kappa shape index (κ3) is 3.67. The van der Waals surface area contributed by atoms with Crippen LogP contribution >= 0.6 is 0 Å². The molecule has 3 aromatic rings. The Hall–Kier alpha value is -4.26. The van der Waals surface area contributed by atoms with Crippen LogP contribution in [0.2, 0.25) is 0 Å². The molecular weight excluding hydrogens is 420 g/mol. The second-order valence-corrected chi connectivity index (χ2v) is 8.24. The molecule has 1 unspecified atom stereocenters. The van der Waals surface area contributed by atoms with Crippen LogP contribution in [0.4, 0.5) is 11.4 Å². The van der Waals surface area contributed by atoms with Crippen molar-refractivity contribution in [3.63, 3.8) is 0 Å². The molecule has 2 aliphatic rings. The third-order valence-corrected chi connectivity index (χ3v) is 6.07. The number of aliphatic hydroxyl groups is 1. The molecule has 5 rings (SSSR count). The van der Waals surface area contributed by atoms with Gasteiger partial charge in [-0.1, -0.05) is 42.5 Å². The van der Waals surface area contributed by atoms with Crippen LogP contribution in [0.3, 0.4) is 0 Å². The highest BCUT2D eigenvalue weighted by Crippen LogP contribution is 2.45. The normalized spacial score (nSPS) is 18.0. The largest absolute Gasteiger partial charge is 0.503 e. The number of nitro groups is 1. The van der Waals surface area contributed by atoms with E-state index in [-0.39, 0.29) is 23.0 Å². The maximum atomic E-state index is 13.2. The molecule has 1 atom stereocenters. The van der Waals surface area contributed by atoms with Crippen molar-refractivity contribution < 1.29 is 19.6 Å². The maximum absolute atomic E-state index is 13.2. The highest BCUT2D eigenvalue weighted by Gasteiger charge is 2.47. The summed E-state index contributed by atoms with van der Waals surface area (Å²) in [7, 11) is 0. The standard InChI is InChI=1S/C26H20N2O5/c29-24(18-9-10-18)22-23(17-11-13-20(14-12-17)28(32)33)27(26(31)25(22)30)21-8-4-7-19(15-21)16-5-2-1-3-6-16/h1-8,11-15,18,23,30H,9-10H2. The number of carbonyl (C=O) groups excluding carboxylic acids is 2. The number of non-ortho nitro benzene ring substituents is 1. The zero-order valence-corrected chi connectivity index (χ0v) is 17.5. The summed E-state index contributed by atoms with van der Waals surface area (Å²) in [5.74, 6) is -1.66. The van der Waals surface area contributed by atoms with Gasteiger partial charge in [0, 0.05) is 23.7 Å². The summed E-state index contributed by atoms with van der Waals surface area (Å²) < 4.78 is 0. The SMILES string of the molecule is O=C(C1=C(O)C(=O)N(c2cccc(-c3ccccc3)c2)C1c1ccc([N+](=O)[O-])cc1)C1CC1. The van der Waals surface area contributed by atoms with Crippen molar-refractivity contribution in [2.75, 3.05) is 4.90 Å². The Bertz CT molecular complexity index is 1290. The van der Waals surface area contributed by atoms with E-state index >= 15 is 0 Å². The van der Waals surface area contributed by atoms with Gasteiger partial charge in [0.25, 0.3) is 11.6 Å². The number of anilines is 1. The van der Waals surface area contributed by atoms with Crippen LogP contribution in [0.5, 0.6) is 0 Å². The zero-order valence-electron chi connectivity index (χ0n) is 17.5. The minimum absolute atomic E-state index is 0.0569. The van der Waals surface area contributed by atoms with Gasteiger partial charge in [-0.2, -0.15) is 0 Å². The molecular formula is C26H20N2O5. The predicted molar refractivity (Wildman–Crippen MR) is 123 cm³/mol. The lowest BCUT2D eigenvalue weighted by molar-refractivity contribution is -0.384. The molecule has 0 aromatic heterocycles. The fourth-order valence-electron chi connectivity index (χ4n) is 4.25. The van der Waals surface area contributed by atoms with Crippen LogP contribution in [0.15, 0.2) is 90.2 Å². The molecule has 0 bridgehead atoms. The van der Waals surface area contributed by atoms with E-state index in [1.165, 1.54) is 29.2 Å². The van der Waals surface area contributed by atoms with Crippen LogP contribution in [0.25, 0.3) is 11.1 Å². The number of hydrogen-bond donors (Lipinski definition) is 1. The second kappa shape index (κ2) is 8.02. The molecule has 33 heavy (non-hydrogen) atoms. The molecule has 1 heterocycles. The summed E-state index contributed by atoms with van der Waals surface area (Å²) in [6.07, 6.45) is 1.44. The van der Waals surface area contributed by atoms with Gasteiger partial charge < -0.3 is 5.11 Å². The van der Waals surface area contributed by atoms with Crippen molar-refractivity contribution in [2.24, 2.45) is 5.92 Å². The van der Waals surface area contributed by atoms with Crippen molar-refractivity contribution in [1.82, 2.24) is 0 Å².